The van der Waals surface area contributed by atoms with Crippen LogP contribution in [0, 0.1) is 13.8 Å². The number of rotatable bonds is 15. The van der Waals surface area contributed by atoms with Gasteiger partial charge in [-0.15, -0.1) is 0 Å². The van der Waals surface area contributed by atoms with Crippen LogP contribution in [0.2, 0.25) is 0 Å². The topological polar surface area (TPSA) is 169 Å². The summed E-state index contributed by atoms with van der Waals surface area (Å²) in [6.45, 7) is 4.56. The highest BCUT2D eigenvalue weighted by atomic mass is 32.2. The van der Waals surface area contributed by atoms with E-state index in [1.54, 1.807) is 48.5 Å². The van der Waals surface area contributed by atoms with Crippen LogP contribution < -0.4 is 29.6 Å². The fraction of sp³-hybridized carbons (Fsp3) is 0.235. The predicted molar refractivity (Wildman–Crippen MR) is 183 cm³/mol. The number of anilines is 2. The van der Waals surface area contributed by atoms with Crippen LogP contribution in [-0.4, -0.2) is 42.0 Å². The van der Waals surface area contributed by atoms with E-state index in [1.165, 1.54) is 48.5 Å². The summed E-state index contributed by atoms with van der Waals surface area (Å²) in [4.78, 5) is 24.7. The number of hydrogen-bond donors (Lipinski definition) is 4. The maximum absolute atomic E-state index is 12.6. The molecule has 0 unspecified atom stereocenters. The molecule has 4 amide bonds. The molecule has 0 aliphatic rings. The Morgan fingerprint density at radius 3 is 1.29 bits per heavy atom. The highest BCUT2D eigenvalue weighted by Crippen LogP contribution is 2.24. The van der Waals surface area contributed by atoms with Crippen molar-refractivity contribution in [3.8, 4) is 11.5 Å². The maximum Gasteiger partial charge on any atom is 0.339 e. The lowest BCUT2D eigenvalue weighted by Gasteiger charge is -2.11. The SMILES string of the molecule is Cc1ccc(S(=O)(=O)Oc2cccc(NC(=O)NCCCCCCNC(=O)Nc3cccc(OS(=O)(=O)c4ccc(C)cc4)c3)c2)cc1. The summed E-state index contributed by atoms with van der Waals surface area (Å²) in [6.07, 6.45) is 3.07. The van der Waals surface area contributed by atoms with Gasteiger partial charge in [0, 0.05) is 36.6 Å². The molecular formula is C34H38N4O8S2. The summed E-state index contributed by atoms with van der Waals surface area (Å²) in [5.74, 6) is 0.144. The molecule has 0 atom stereocenters. The van der Waals surface area contributed by atoms with E-state index in [0.29, 0.717) is 24.5 Å². The molecular weight excluding hydrogens is 657 g/mol. The Morgan fingerprint density at radius 1 is 0.542 bits per heavy atom. The van der Waals surface area contributed by atoms with Gasteiger partial charge in [-0.1, -0.05) is 60.4 Å². The number of carbonyl (C=O) groups excluding carboxylic acids is 2. The highest BCUT2D eigenvalue weighted by Gasteiger charge is 2.18. The van der Waals surface area contributed by atoms with Gasteiger partial charge in [-0.25, -0.2) is 9.59 Å². The smallest absolute Gasteiger partial charge is 0.339 e. The van der Waals surface area contributed by atoms with Crippen molar-refractivity contribution in [3.05, 3.63) is 108 Å². The summed E-state index contributed by atoms with van der Waals surface area (Å²) in [7, 11) is -8.03. The minimum absolute atomic E-state index is 0.0333. The molecule has 4 rings (SSSR count). The maximum atomic E-state index is 12.6. The average molecular weight is 695 g/mol. The van der Waals surface area contributed by atoms with Crippen molar-refractivity contribution in [2.75, 3.05) is 23.7 Å². The van der Waals surface area contributed by atoms with E-state index in [-0.39, 0.29) is 21.3 Å². The van der Waals surface area contributed by atoms with E-state index in [0.717, 1.165) is 36.8 Å². The normalized spacial score (nSPS) is 11.3. The zero-order valence-corrected chi connectivity index (χ0v) is 28.2. The number of nitrogens with one attached hydrogen (secondary N) is 4. The largest absolute Gasteiger partial charge is 0.379 e. The van der Waals surface area contributed by atoms with Crippen LogP contribution in [0.3, 0.4) is 0 Å². The van der Waals surface area contributed by atoms with Gasteiger partial charge >= 0.3 is 32.3 Å². The summed E-state index contributed by atoms with van der Waals surface area (Å²) in [5.41, 5.74) is 2.60. The summed E-state index contributed by atoms with van der Waals surface area (Å²) >= 11 is 0. The molecule has 0 bridgehead atoms. The average Bonchev–Trinajstić information content (AvgIpc) is 3.02. The predicted octanol–water partition coefficient (Wildman–Crippen LogP) is 6.34. The fourth-order valence-electron chi connectivity index (χ4n) is 4.37. The lowest BCUT2D eigenvalue weighted by molar-refractivity contribution is 0.250. The van der Waals surface area contributed by atoms with Crippen LogP contribution in [0.25, 0.3) is 0 Å². The fourth-order valence-corrected chi connectivity index (χ4v) is 6.21. The number of urea groups is 2. The minimum atomic E-state index is -4.02. The molecule has 0 aromatic heterocycles. The number of hydrogen-bond acceptors (Lipinski definition) is 8. The van der Waals surface area contributed by atoms with Gasteiger partial charge in [0.05, 0.1) is 0 Å². The first-order valence-corrected chi connectivity index (χ1v) is 18.0. The van der Waals surface area contributed by atoms with Gasteiger partial charge in [-0.05, 0) is 75.2 Å². The quantitative estimate of drug-likeness (QED) is 0.0825. The van der Waals surface area contributed by atoms with E-state index < -0.39 is 32.3 Å². The van der Waals surface area contributed by atoms with Gasteiger partial charge in [0.1, 0.15) is 21.3 Å². The van der Waals surface area contributed by atoms with Crippen LogP contribution in [0.4, 0.5) is 21.0 Å². The van der Waals surface area contributed by atoms with Crippen molar-refractivity contribution in [3.63, 3.8) is 0 Å². The minimum Gasteiger partial charge on any atom is -0.379 e. The molecule has 0 aliphatic heterocycles. The zero-order valence-electron chi connectivity index (χ0n) is 26.6. The monoisotopic (exact) mass is 694 g/mol. The Morgan fingerprint density at radius 2 is 0.917 bits per heavy atom. The summed E-state index contributed by atoms with van der Waals surface area (Å²) < 4.78 is 60.6. The van der Waals surface area contributed by atoms with Crippen molar-refractivity contribution in [2.45, 2.75) is 49.3 Å². The van der Waals surface area contributed by atoms with E-state index in [2.05, 4.69) is 21.3 Å². The van der Waals surface area contributed by atoms with Gasteiger partial charge in [0.15, 0.2) is 0 Å². The summed E-state index contributed by atoms with van der Waals surface area (Å²) in [6, 6.07) is 24.0. The first-order valence-electron chi connectivity index (χ1n) is 15.2. The molecule has 0 heterocycles. The molecule has 12 nitrogen and oxygen atoms in total. The lowest BCUT2D eigenvalue weighted by atomic mass is 10.2. The van der Waals surface area contributed by atoms with Gasteiger partial charge in [-0.2, -0.15) is 16.8 Å². The van der Waals surface area contributed by atoms with Gasteiger partial charge in [0.25, 0.3) is 0 Å². The molecule has 0 fully saturated rings. The second kappa shape index (κ2) is 16.7. The Kier molecular flexibility index (Phi) is 12.4. The van der Waals surface area contributed by atoms with E-state index >= 15 is 0 Å². The second-order valence-electron chi connectivity index (χ2n) is 10.9. The highest BCUT2D eigenvalue weighted by molar-refractivity contribution is 7.87. The Labute approximate surface area is 281 Å². The van der Waals surface area contributed by atoms with Crippen LogP contribution >= 0.6 is 0 Å². The standard InChI is InChI=1S/C34H38N4O8S2/c1-25-13-17-31(18-14-25)47(41,42)45-29-11-7-9-27(23-29)37-33(39)35-21-5-3-4-6-22-36-34(40)38-28-10-8-12-30(24-28)46-48(43,44)32-19-15-26(2)16-20-32/h7-20,23-24H,3-6,21-22H2,1-2H3,(H2,35,37,39)(H2,36,38,40). The second-order valence-corrected chi connectivity index (χ2v) is 14.0. The van der Waals surface area contributed by atoms with Crippen LogP contribution in [-0.2, 0) is 20.2 Å². The first-order chi connectivity index (χ1) is 22.9. The van der Waals surface area contributed by atoms with Crippen LogP contribution in [0.15, 0.2) is 107 Å². The Bertz CT molecular complexity index is 1770. The first kappa shape index (κ1) is 35.8. The van der Waals surface area contributed by atoms with Crippen molar-refractivity contribution in [2.24, 2.45) is 0 Å². The van der Waals surface area contributed by atoms with Crippen molar-refractivity contribution >= 4 is 43.7 Å². The van der Waals surface area contributed by atoms with E-state index in [9.17, 15) is 26.4 Å². The number of amides is 4. The van der Waals surface area contributed by atoms with Gasteiger partial charge in [-0.3, -0.25) is 0 Å². The number of aryl methyl sites for hydroxylation is 2. The third-order valence-corrected chi connectivity index (χ3v) is 9.41. The van der Waals surface area contributed by atoms with Gasteiger partial charge in [0.2, 0.25) is 0 Å². The van der Waals surface area contributed by atoms with Crippen LogP contribution in [0.5, 0.6) is 11.5 Å². The molecule has 0 aliphatic carbocycles. The zero-order chi connectivity index (χ0) is 34.6. The van der Waals surface area contributed by atoms with E-state index in [4.69, 9.17) is 8.37 Å². The molecule has 0 saturated carbocycles. The lowest BCUT2D eigenvalue weighted by Crippen LogP contribution is -2.30. The molecule has 48 heavy (non-hydrogen) atoms. The van der Waals surface area contributed by atoms with Gasteiger partial charge < -0.3 is 29.6 Å². The third-order valence-electron chi connectivity index (χ3n) is 6.89. The third kappa shape index (κ3) is 11.3. The molecule has 0 spiro atoms. The number of benzene rings is 4. The Hall–Kier alpha value is -5.08. The van der Waals surface area contributed by atoms with Crippen molar-refractivity contribution in [1.82, 2.24) is 10.6 Å². The molecule has 0 saturated heterocycles. The van der Waals surface area contributed by atoms with Crippen molar-refractivity contribution < 1.29 is 34.8 Å². The number of carbonyl (C=O) groups is 2. The molecule has 4 aromatic carbocycles. The molecule has 254 valence electrons. The Balaban J connectivity index is 1.09. The molecule has 0 radical (unpaired) electrons. The molecule has 4 N–H and O–H groups in total. The van der Waals surface area contributed by atoms with Crippen LogP contribution in [0.1, 0.15) is 36.8 Å². The number of unbranched alkanes of at least 4 members (excludes halogenated alkanes) is 3. The molecule has 4 aromatic rings. The molecule has 14 heteroatoms. The van der Waals surface area contributed by atoms with E-state index in [1.807, 2.05) is 13.8 Å². The summed E-state index contributed by atoms with van der Waals surface area (Å²) in [5, 5.41) is 10.9. The van der Waals surface area contributed by atoms with Crippen molar-refractivity contribution in [1.29, 1.82) is 0 Å².